The molecule has 0 saturated heterocycles. The van der Waals surface area contributed by atoms with Gasteiger partial charge in [0.05, 0.1) is 39.3 Å². The van der Waals surface area contributed by atoms with E-state index in [0.29, 0.717) is 11.4 Å². The molecule has 0 aromatic heterocycles. The van der Waals surface area contributed by atoms with Gasteiger partial charge < -0.3 is 31.6 Å². The molecule has 0 atom stereocenters. The van der Waals surface area contributed by atoms with Gasteiger partial charge in [-0.1, -0.05) is 47.5 Å². The van der Waals surface area contributed by atoms with Gasteiger partial charge in [-0.15, -0.1) is 0 Å². The van der Waals surface area contributed by atoms with Gasteiger partial charge >= 0.3 is 0 Å². The Kier molecular flexibility index (Phi) is 8.12. The second kappa shape index (κ2) is 12.7. The number of hydrogen-bond acceptors (Lipinski definition) is 8. The number of carbonyl (C=O) groups is 2. The SMILES string of the molecule is Cc1ccc(Nc2cc(Oc3cccc(F)c3)c(N)c3c2C(=O)c2c(Nc4ccc(C)cc4)c(Oc4cccc(F)c4)cc(N)c2C3=O)cc1. The number of ketones is 2. The number of carbonyl (C=O) groups excluding carboxylic acids is 2. The third kappa shape index (κ3) is 6.06. The molecule has 0 amide bonds. The van der Waals surface area contributed by atoms with E-state index in [-0.39, 0.29) is 68.0 Å². The normalized spacial score (nSPS) is 11.8. The van der Waals surface area contributed by atoms with Crippen LogP contribution in [0.4, 0.5) is 42.9 Å². The van der Waals surface area contributed by atoms with Gasteiger partial charge in [0, 0.05) is 41.3 Å². The molecule has 0 unspecified atom stereocenters. The van der Waals surface area contributed by atoms with E-state index >= 15 is 0 Å². The molecule has 0 fully saturated rings. The maximum Gasteiger partial charge on any atom is 0.199 e. The van der Waals surface area contributed by atoms with Gasteiger partial charge in [-0.2, -0.15) is 0 Å². The number of nitrogens with two attached hydrogens (primary N) is 2. The number of benzene rings is 6. The Morgan fingerprint density at radius 1 is 0.560 bits per heavy atom. The molecule has 0 bridgehead atoms. The van der Waals surface area contributed by atoms with Crippen molar-refractivity contribution in [2.45, 2.75) is 13.8 Å². The molecular weight excluding hydrogens is 638 g/mol. The number of anilines is 6. The van der Waals surface area contributed by atoms with Gasteiger partial charge in [-0.05, 0) is 62.4 Å². The van der Waals surface area contributed by atoms with Crippen LogP contribution in [0.25, 0.3) is 0 Å². The summed E-state index contributed by atoms with van der Waals surface area (Å²) in [7, 11) is 0. The molecule has 1 aliphatic carbocycles. The van der Waals surface area contributed by atoms with Gasteiger partial charge in [-0.25, -0.2) is 8.78 Å². The Morgan fingerprint density at radius 2 is 1.08 bits per heavy atom. The maximum atomic E-state index is 14.9. The molecule has 50 heavy (non-hydrogen) atoms. The van der Waals surface area contributed by atoms with Crippen molar-refractivity contribution in [3.8, 4) is 23.0 Å². The molecule has 0 aliphatic heterocycles. The third-order valence-electron chi connectivity index (χ3n) is 8.26. The van der Waals surface area contributed by atoms with E-state index < -0.39 is 23.2 Å². The zero-order valence-corrected chi connectivity index (χ0v) is 26.9. The molecule has 248 valence electrons. The summed E-state index contributed by atoms with van der Waals surface area (Å²) in [4.78, 5) is 29.5. The fourth-order valence-electron chi connectivity index (χ4n) is 5.82. The second-order valence-corrected chi connectivity index (χ2v) is 11.9. The molecule has 6 N–H and O–H groups in total. The van der Waals surface area contributed by atoms with Crippen molar-refractivity contribution in [1.29, 1.82) is 0 Å². The van der Waals surface area contributed by atoms with Crippen molar-refractivity contribution in [2.75, 3.05) is 22.1 Å². The molecule has 0 heterocycles. The molecule has 10 heteroatoms. The van der Waals surface area contributed by atoms with E-state index in [1.165, 1.54) is 48.5 Å². The molecule has 6 aromatic carbocycles. The van der Waals surface area contributed by atoms with E-state index in [9.17, 15) is 18.4 Å². The number of hydrogen-bond donors (Lipinski definition) is 4. The van der Waals surface area contributed by atoms with Crippen LogP contribution in [0.3, 0.4) is 0 Å². The van der Waals surface area contributed by atoms with Crippen molar-refractivity contribution in [2.24, 2.45) is 0 Å². The lowest BCUT2D eigenvalue weighted by Crippen LogP contribution is -2.26. The average molecular weight is 669 g/mol. The molecule has 1 aliphatic rings. The van der Waals surface area contributed by atoms with Crippen LogP contribution in [0.2, 0.25) is 0 Å². The summed E-state index contributed by atoms with van der Waals surface area (Å²) in [6.07, 6.45) is 0. The van der Waals surface area contributed by atoms with Gasteiger partial charge in [0.25, 0.3) is 0 Å². The van der Waals surface area contributed by atoms with Crippen LogP contribution < -0.4 is 31.6 Å². The Balaban J connectivity index is 1.45. The Bertz CT molecular complexity index is 2320. The molecular formula is C40H30F2N4O4. The number of ether oxygens (including phenoxy) is 2. The second-order valence-electron chi connectivity index (χ2n) is 11.9. The third-order valence-corrected chi connectivity index (χ3v) is 8.26. The molecule has 0 spiro atoms. The first-order valence-electron chi connectivity index (χ1n) is 15.6. The largest absolute Gasteiger partial charge is 0.455 e. The topological polar surface area (TPSA) is 129 Å². The van der Waals surface area contributed by atoms with Crippen LogP contribution >= 0.6 is 0 Å². The van der Waals surface area contributed by atoms with Gasteiger partial charge in [-0.3, -0.25) is 9.59 Å². The van der Waals surface area contributed by atoms with Crippen LogP contribution in [0.5, 0.6) is 23.0 Å². The Morgan fingerprint density at radius 3 is 1.64 bits per heavy atom. The molecule has 7 rings (SSSR count). The van der Waals surface area contributed by atoms with E-state index in [1.807, 2.05) is 62.4 Å². The van der Waals surface area contributed by atoms with Crippen molar-refractivity contribution < 1.29 is 27.8 Å². The standard InChI is InChI=1S/C40H30F2N4O4/c1-21-9-13-25(14-10-21)45-30-20-31(49-27-7-3-5-23(41)17-27)37(44)35-34(30)40(48)36-33(39(35)47)29(43)19-32(50-28-8-4-6-24(42)18-28)38(36)46-26-15-11-22(2)12-16-26/h3-20,45-46H,43-44H2,1-2H3. The van der Waals surface area contributed by atoms with E-state index in [4.69, 9.17) is 20.9 Å². The molecule has 8 nitrogen and oxygen atoms in total. The smallest absolute Gasteiger partial charge is 0.199 e. The lowest BCUT2D eigenvalue weighted by Gasteiger charge is -2.28. The van der Waals surface area contributed by atoms with Gasteiger partial charge in [0.15, 0.2) is 23.1 Å². The van der Waals surface area contributed by atoms with Crippen molar-refractivity contribution in [3.05, 3.63) is 154 Å². The molecule has 6 aromatic rings. The summed E-state index contributed by atoms with van der Waals surface area (Å²) in [5.41, 5.74) is 16.2. The minimum atomic E-state index is -0.634. The highest BCUT2D eigenvalue weighted by molar-refractivity contribution is 6.35. The van der Waals surface area contributed by atoms with Crippen LogP contribution in [-0.2, 0) is 0 Å². The van der Waals surface area contributed by atoms with E-state index in [2.05, 4.69) is 10.6 Å². The first-order valence-corrected chi connectivity index (χ1v) is 15.6. The number of nitrogen functional groups attached to an aromatic ring is 2. The molecule has 0 radical (unpaired) electrons. The Labute approximate surface area is 286 Å². The maximum absolute atomic E-state index is 14.9. The first kappa shape index (κ1) is 31.9. The summed E-state index contributed by atoms with van der Waals surface area (Å²) in [5, 5.41) is 6.50. The monoisotopic (exact) mass is 668 g/mol. The summed E-state index contributed by atoms with van der Waals surface area (Å²) >= 11 is 0. The lowest BCUT2D eigenvalue weighted by atomic mass is 9.80. The average Bonchev–Trinajstić information content (AvgIpc) is 3.08. The first-order chi connectivity index (χ1) is 24.0. The van der Waals surface area contributed by atoms with Crippen LogP contribution in [0.15, 0.2) is 109 Å². The lowest BCUT2D eigenvalue weighted by molar-refractivity contribution is 0.0981. The van der Waals surface area contributed by atoms with Crippen molar-refractivity contribution in [3.63, 3.8) is 0 Å². The number of fused-ring (bicyclic) bond motifs is 2. The summed E-state index contributed by atoms with van der Waals surface area (Å²) in [6, 6.07) is 28.7. The van der Waals surface area contributed by atoms with Crippen molar-refractivity contribution in [1.82, 2.24) is 0 Å². The van der Waals surface area contributed by atoms with E-state index in [1.54, 1.807) is 12.1 Å². The zero-order valence-electron chi connectivity index (χ0n) is 26.9. The minimum absolute atomic E-state index is 0.0243. The van der Waals surface area contributed by atoms with Crippen LogP contribution in [-0.4, -0.2) is 11.6 Å². The molecule has 0 saturated carbocycles. The number of aryl methyl sites for hydroxylation is 2. The number of rotatable bonds is 8. The van der Waals surface area contributed by atoms with E-state index in [0.717, 1.165) is 11.1 Å². The fraction of sp³-hybridized carbons (Fsp3) is 0.0500. The highest BCUT2D eigenvalue weighted by atomic mass is 19.1. The number of nitrogens with one attached hydrogen (secondary N) is 2. The Hall–Kier alpha value is -6.68. The highest BCUT2D eigenvalue weighted by Gasteiger charge is 2.40. The predicted octanol–water partition coefficient (Wildman–Crippen LogP) is 9.59. The zero-order chi connectivity index (χ0) is 35.1. The predicted molar refractivity (Wildman–Crippen MR) is 190 cm³/mol. The summed E-state index contributed by atoms with van der Waals surface area (Å²) < 4.78 is 40.4. The van der Waals surface area contributed by atoms with Gasteiger partial charge in [0.1, 0.15) is 23.1 Å². The van der Waals surface area contributed by atoms with Crippen molar-refractivity contribution >= 4 is 45.7 Å². The highest BCUT2D eigenvalue weighted by Crippen LogP contribution is 2.49. The quantitative estimate of drug-likeness (QED) is 0.118. The summed E-state index contributed by atoms with van der Waals surface area (Å²) in [6.45, 7) is 3.88. The van der Waals surface area contributed by atoms with Crippen LogP contribution in [0.1, 0.15) is 43.0 Å². The minimum Gasteiger partial charge on any atom is -0.455 e. The fourth-order valence-corrected chi connectivity index (χ4v) is 5.82. The van der Waals surface area contributed by atoms with Crippen LogP contribution in [0, 0.1) is 25.5 Å². The summed E-state index contributed by atoms with van der Waals surface area (Å²) in [5.74, 6) is -1.88. The van der Waals surface area contributed by atoms with Gasteiger partial charge in [0.2, 0.25) is 0 Å². The number of halogens is 2.